The third-order valence-corrected chi connectivity index (χ3v) is 3.43. The van der Waals surface area contributed by atoms with Gasteiger partial charge >= 0.3 is 0 Å². The molecule has 1 amide bonds. The molecule has 7 heteroatoms. The van der Waals surface area contributed by atoms with Crippen molar-refractivity contribution in [1.82, 2.24) is 9.97 Å². The average Bonchev–Trinajstić information content (AvgIpc) is 2.34. The maximum absolute atomic E-state index is 11.8. The zero-order valence-corrected chi connectivity index (χ0v) is 11.9. The van der Waals surface area contributed by atoms with Gasteiger partial charge in [0, 0.05) is 10.2 Å². The number of anilines is 1. The van der Waals surface area contributed by atoms with Crippen molar-refractivity contribution in [1.29, 1.82) is 0 Å². The number of carbonyl (C=O) groups excluding carboxylic acids is 1. The standard InChI is InChI=1S/C11H6BrCl2N3O/c12-7-2-1-6(3-8(7)13)16-11(18)9-4-15-5-10(14)17-9/h1-5H,(H,16,18). The fraction of sp³-hybridized carbons (Fsp3) is 0. The molecule has 0 saturated carbocycles. The number of hydrogen-bond donors (Lipinski definition) is 1. The maximum atomic E-state index is 11.8. The summed E-state index contributed by atoms with van der Waals surface area (Å²) in [5, 5.41) is 3.32. The molecule has 1 heterocycles. The van der Waals surface area contributed by atoms with Gasteiger partial charge in [0.2, 0.25) is 0 Å². The Morgan fingerprint density at radius 2 is 2.06 bits per heavy atom. The zero-order valence-electron chi connectivity index (χ0n) is 8.82. The van der Waals surface area contributed by atoms with Crippen LogP contribution < -0.4 is 5.32 Å². The van der Waals surface area contributed by atoms with Crippen LogP contribution in [-0.2, 0) is 0 Å². The van der Waals surface area contributed by atoms with Crippen molar-refractivity contribution in [3.05, 3.63) is 50.9 Å². The normalized spacial score (nSPS) is 10.2. The predicted molar refractivity (Wildman–Crippen MR) is 74.1 cm³/mol. The summed E-state index contributed by atoms with van der Waals surface area (Å²) in [7, 11) is 0. The number of nitrogens with one attached hydrogen (secondary N) is 1. The summed E-state index contributed by atoms with van der Waals surface area (Å²) in [4.78, 5) is 19.5. The van der Waals surface area contributed by atoms with E-state index in [4.69, 9.17) is 23.2 Å². The largest absolute Gasteiger partial charge is 0.321 e. The molecular weight excluding hydrogens is 341 g/mol. The number of carbonyl (C=O) groups is 1. The number of aromatic nitrogens is 2. The molecule has 0 aliphatic heterocycles. The van der Waals surface area contributed by atoms with Crippen LogP contribution in [-0.4, -0.2) is 15.9 Å². The molecule has 0 fully saturated rings. The lowest BCUT2D eigenvalue weighted by Gasteiger charge is -2.05. The number of rotatable bonds is 2. The fourth-order valence-corrected chi connectivity index (χ4v) is 1.80. The Morgan fingerprint density at radius 3 is 2.72 bits per heavy atom. The molecule has 0 saturated heterocycles. The molecule has 1 aromatic heterocycles. The van der Waals surface area contributed by atoms with Gasteiger partial charge in [0.05, 0.1) is 17.4 Å². The molecule has 0 aliphatic carbocycles. The molecule has 0 spiro atoms. The predicted octanol–water partition coefficient (Wildman–Crippen LogP) is 3.80. The second kappa shape index (κ2) is 5.65. The minimum Gasteiger partial charge on any atom is -0.321 e. The average molecular weight is 347 g/mol. The summed E-state index contributed by atoms with van der Waals surface area (Å²) in [5.74, 6) is -0.400. The summed E-state index contributed by atoms with van der Waals surface area (Å²) >= 11 is 14.8. The lowest BCUT2D eigenvalue weighted by molar-refractivity contribution is 0.102. The van der Waals surface area contributed by atoms with E-state index in [-0.39, 0.29) is 10.8 Å². The van der Waals surface area contributed by atoms with Crippen molar-refractivity contribution in [3.8, 4) is 0 Å². The smallest absolute Gasteiger partial charge is 0.275 e. The quantitative estimate of drug-likeness (QED) is 0.899. The lowest BCUT2D eigenvalue weighted by Crippen LogP contribution is -2.14. The number of halogens is 3. The van der Waals surface area contributed by atoms with Gasteiger partial charge in [0.15, 0.2) is 0 Å². The molecule has 0 radical (unpaired) electrons. The molecular formula is C11H6BrCl2N3O. The van der Waals surface area contributed by atoms with E-state index in [1.807, 2.05) is 0 Å². The molecule has 0 atom stereocenters. The first-order chi connectivity index (χ1) is 8.56. The zero-order chi connectivity index (χ0) is 13.1. The van der Waals surface area contributed by atoms with Crippen molar-refractivity contribution >= 4 is 50.7 Å². The van der Waals surface area contributed by atoms with E-state index >= 15 is 0 Å². The second-order valence-electron chi connectivity index (χ2n) is 3.31. The SMILES string of the molecule is O=C(Nc1ccc(Br)c(Cl)c1)c1cncc(Cl)n1. The molecule has 0 aliphatic rings. The minimum atomic E-state index is -0.400. The van der Waals surface area contributed by atoms with Crippen LogP contribution in [0.5, 0.6) is 0 Å². The molecule has 1 N–H and O–H groups in total. The molecule has 1 aromatic carbocycles. The highest BCUT2D eigenvalue weighted by molar-refractivity contribution is 9.10. The molecule has 18 heavy (non-hydrogen) atoms. The van der Waals surface area contributed by atoms with Crippen LogP contribution in [0.15, 0.2) is 35.1 Å². The highest BCUT2D eigenvalue weighted by Gasteiger charge is 2.09. The lowest BCUT2D eigenvalue weighted by atomic mass is 10.3. The number of nitrogens with zero attached hydrogens (tertiary/aromatic N) is 2. The summed E-state index contributed by atoms with van der Waals surface area (Å²) in [6.07, 6.45) is 2.69. The Labute approximate surface area is 121 Å². The Hall–Kier alpha value is -1.17. The van der Waals surface area contributed by atoms with E-state index < -0.39 is 5.91 Å². The van der Waals surface area contributed by atoms with Crippen molar-refractivity contribution in [2.75, 3.05) is 5.32 Å². The minimum absolute atomic E-state index is 0.140. The van der Waals surface area contributed by atoms with Crippen LogP contribution in [0.1, 0.15) is 10.5 Å². The summed E-state index contributed by atoms with van der Waals surface area (Å²) < 4.78 is 0.754. The molecule has 0 bridgehead atoms. The van der Waals surface area contributed by atoms with Crippen molar-refractivity contribution in [2.45, 2.75) is 0 Å². The number of amides is 1. The molecule has 4 nitrogen and oxygen atoms in total. The fourth-order valence-electron chi connectivity index (χ4n) is 1.22. The summed E-state index contributed by atoms with van der Waals surface area (Å²) in [6, 6.07) is 5.08. The second-order valence-corrected chi connectivity index (χ2v) is 4.96. The van der Waals surface area contributed by atoms with E-state index in [2.05, 4.69) is 31.2 Å². The summed E-state index contributed by atoms with van der Waals surface area (Å²) in [5.41, 5.74) is 0.705. The highest BCUT2D eigenvalue weighted by Crippen LogP contribution is 2.25. The Kier molecular flexibility index (Phi) is 4.16. The van der Waals surface area contributed by atoms with Crippen molar-refractivity contribution in [3.63, 3.8) is 0 Å². The van der Waals surface area contributed by atoms with Crippen LogP contribution in [0, 0.1) is 0 Å². The van der Waals surface area contributed by atoms with E-state index in [0.29, 0.717) is 10.7 Å². The topological polar surface area (TPSA) is 54.9 Å². The van der Waals surface area contributed by atoms with Gasteiger partial charge in [-0.2, -0.15) is 0 Å². The maximum Gasteiger partial charge on any atom is 0.275 e. The van der Waals surface area contributed by atoms with Gasteiger partial charge in [0.1, 0.15) is 10.8 Å². The molecule has 2 aromatic rings. The van der Waals surface area contributed by atoms with Crippen LogP contribution in [0.3, 0.4) is 0 Å². The van der Waals surface area contributed by atoms with Gasteiger partial charge in [-0.25, -0.2) is 4.98 Å². The first-order valence-electron chi connectivity index (χ1n) is 4.80. The van der Waals surface area contributed by atoms with Crippen molar-refractivity contribution in [2.24, 2.45) is 0 Å². The van der Waals surface area contributed by atoms with Crippen LogP contribution in [0.4, 0.5) is 5.69 Å². The van der Waals surface area contributed by atoms with Gasteiger partial charge in [-0.15, -0.1) is 0 Å². The third kappa shape index (κ3) is 3.19. The van der Waals surface area contributed by atoms with Crippen LogP contribution in [0.25, 0.3) is 0 Å². The van der Waals surface area contributed by atoms with Crippen molar-refractivity contribution < 1.29 is 4.79 Å². The molecule has 0 unspecified atom stereocenters. The third-order valence-electron chi connectivity index (χ3n) is 2.02. The number of hydrogen-bond acceptors (Lipinski definition) is 3. The Morgan fingerprint density at radius 1 is 1.28 bits per heavy atom. The highest BCUT2D eigenvalue weighted by atomic mass is 79.9. The van der Waals surface area contributed by atoms with Gasteiger partial charge < -0.3 is 5.32 Å². The van der Waals surface area contributed by atoms with Gasteiger partial charge in [-0.3, -0.25) is 9.78 Å². The van der Waals surface area contributed by atoms with E-state index in [1.165, 1.54) is 12.4 Å². The van der Waals surface area contributed by atoms with E-state index in [1.54, 1.807) is 18.2 Å². The van der Waals surface area contributed by atoms with Gasteiger partial charge in [-0.1, -0.05) is 23.2 Å². The van der Waals surface area contributed by atoms with Gasteiger partial charge in [-0.05, 0) is 34.1 Å². The van der Waals surface area contributed by atoms with E-state index in [9.17, 15) is 4.79 Å². The molecule has 92 valence electrons. The first kappa shape index (κ1) is 13.3. The Bertz CT molecular complexity index is 607. The first-order valence-corrected chi connectivity index (χ1v) is 6.35. The summed E-state index contributed by atoms with van der Waals surface area (Å²) in [6.45, 7) is 0. The van der Waals surface area contributed by atoms with E-state index in [0.717, 1.165) is 4.47 Å². The van der Waals surface area contributed by atoms with Crippen LogP contribution in [0.2, 0.25) is 10.2 Å². The number of benzene rings is 1. The Balaban J connectivity index is 2.18. The van der Waals surface area contributed by atoms with Crippen LogP contribution >= 0.6 is 39.1 Å². The van der Waals surface area contributed by atoms with Gasteiger partial charge in [0.25, 0.3) is 5.91 Å². The monoisotopic (exact) mass is 345 g/mol. The molecule has 2 rings (SSSR count).